The Morgan fingerprint density at radius 1 is 0.891 bits per heavy atom. The number of anilines is 1. The number of rotatable bonds is 14. The molecule has 3 N–H and O–H groups in total. The SMILES string of the molecule is COc1cc(-c2cn(C)c(=O)c3cnccc23)cc(OC)c1CN1CC(S(=O)(=O)NCCCCNc2ccc3c(c2)C(=O)N(C2CCC(=O)NC2=O)C3=O)C1. The van der Waals surface area contributed by atoms with E-state index in [4.69, 9.17) is 9.47 Å². The summed E-state index contributed by atoms with van der Waals surface area (Å²) in [6.45, 7) is 1.85. The minimum absolute atomic E-state index is 0.0473. The maximum atomic E-state index is 13.1. The van der Waals surface area contributed by atoms with Gasteiger partial charge in [0, 0.05) is 76.0 Å². The van der Waals surface area contributed by atoms with Crippen molar-refractivity contribution in [3.8, 4) is 22.6 Å². The predicted molar refractivity (Wildman–Crippen MR) is 202 cm³/mol. The van der Waals surface area contributed by atoms with E-state index < -0.39 is 44.9 Å². The Morgan fingerprint density at radius 2 is 1.60 bits per heavy atom. The zero-order valence-electron chi connectivity index (χ0n) is 30.6. The highest BCUT2D eigenvalue weighted by Crippen LogP contribution is 2.38. The smallest absolute Gasteiger partial charge is 0.262 e. The van der Waals surface area contributed by atoms with Crippen LogP contribution in [0, 0.1) is 0 Å². The summed E-state index contributed by atoms with van der Waals surface area (Å²) in [7, 11) is 1.27. The van der Waals surface area contributed by atoms with Gasteiger partial charge in [0.05, 0.1) is 36.3 Å². The average molecular weight is 772 g/mol. The zero-order valence-corrected chi connectivity index (χ0v) is 31.4. The standard InChI is InChI=1S/C38H41N7O9S/c1-43-20-29(25-10-13-39-17-28(25)36(43)48)22-14-32(53-2)30(33(15-22)54-3)21-44-18-24(19-44)55(51,52)41-12-5-4-11-40-23-6-7-26-27(16-23)38(50)45(37(26)49)31-8-9-34(46)42-35(31)47/h6-7,10,13-17,20,24,31,40-41H,4-5,8-9,11-12,18-19,21H2,1-3H3,(H,42,46,47). The summed E-state index contributed by atoms with van der Waals surface area (Å²) in [5, 5.41) is 6.08. The van der Waals surface area contributed by atoms with Gasteiger partial charge in [0.25, 0.3) is 17.4 Å². The fraction of sp³-hybridized carbons (Fsp3) is 0.368. The molecule has 17 heteroatoms. The van der Waals surface area contributed by atoms with E-state index in [9.17, 15) is 32.4 Å². The van der Waals surface area contributed by atoms with Crippen LogP contribution in [0.15, 0.2) is 59.8 Å². The van der Waals surface area contributed by atoms with Gasteiger partial charge in [0.2, 0.25) is 21.8 Å². The molecule has 55 heavy (non-hydrogen) atoms. The number of amides is 4. The van der Waals surface area contributed by atoms with Crippen molar-refractivity contribution in [2.75, 3.05) is 45.7 Å². The number of aryl methyl sites for hydroxylation is 1. The number of ether oxygens (including phenoxy) is 2. The van der Waals surface area contributed by atoms with Crippen LogP contribution in [0.5, 0.6) is 11.5 Å². The number of likely N-dealkylation sites (tertiary alicyclic amines) is 1. The summed E-state index contributed by atoms with van der Waals surface area (Å²) in [5.74, 6) is -1.08. The lowest BCUT2D eigenvalue weighted by Crippen LogP contribution is -2.57. The number of benzene rings is 2. The van der Waals surface area contributed by atoms with E-state index in [1.165, 1.54) is 10.6 Å². The largest absolute Gasteiger partial charge is 0.496 e. The Bertz CT molecular complexity index is 2370. The van der Waals surface area contributed by atoms with Crippen molar-refractivity contribution < 1.29 is 37.1 Å². The second kappa shape index (κ2) is 15.2. The van der Waals surface area contributed by atoms with Crippen molar-refractivity contribution in [1.82, 2.24) is 29.4 Å². The van der Waals surface area contributed by atoms with Crippen LogP contribution in [0.25, 0.3) is 21.9 Å². The third kappa shape index (κ3) is 7.29. The van der Waals surface area contributed by atoms with E-state index in [0.717, 1.165) is 27.0 Å². The second-order valence-electron chi connectivity index (χ2n) is 13.8. The molecule has 0 bridgehead atoms. The number of methoxy groups -OCH3 is 2. The molecule has 2 aromatic heterocycles. The number of piperidine rings is 1. The molecule has 4 aromatic rings. The van der Waals surface area contributed by atoms with Crippen molar-refractivity contribution in [3.05, 3.63) is 82.0 Å². The second-order valence-corrected chi connectivity index (χ2v) is 15.9. The van der Waals surface area contributed by atoms with Gasteiger partial charge in [0.15, 0.2) is 0 Å². The number of imide groups is 2. The van der Waals surface area contributed by atoms with Crippen molar-refractivity contribution in [2.24, 2.45) is 7.05 Å². The molecule has 2 fully saturated rings. The van der Waals surface area contributed by atoms with Gasteiger partial charge >= 0.3 is 0 Å². The maximum absolute atomic E-state index is 13.1. The molecule has 0 spiro atoms. The van der Waals surface area contributed by atoms with Crippen molar-refractivity contribution in [2.45, 2.75) is 43.5 Å². The summed E-state index contributed by atoms with van der Waals surface area (Å²) in [6.07, 6.45) is 6.30. The number of nitrogens with zero attached hydrogens (tertiary/aromatic N) is 4. The fourth-order valence-electron chi connectivity index (χ4n) is 7.30. The topological polar surface area (TPSA) is 198 Å². The van der Waals surface area contributed by atoms with E-state index in [1.54, 1.807) is 58.1 Å². The number of pyridine rings is 2. The molecule has 16 nitrogen and oxygen atoms in total. The molecule has 1 atom stereocenters. The first-order chi connectivity index (χ1) is 26.4. The Balaban J connectivity index is 0.891. The molecule has 7 rings (SSSR count). The van der Waals surface area contributed by atoms with Gasteiger partial charge in [0.1, 0.15) is 22.8 Å². The van der Waals surface area contributed by atoms with E-state index in [1.807, 2.05) is 17.0 Å². The lowest BCUT2D eigenvalue weighted by Gasteiger charge is -2.39. The molecule has 288 valence electrons. The van der Waals surface area contributed by atoms with Gasteiger partial charge in [-0.1, -0.05) is 0 Å². The first-order valence-electron chi connectivity index (χ1n) is 17.9. The monoisotopic (exact) mass is 771 g/mol. The van der Waals surface area contributed by atoms with E-state index in [0.29, 0.717) is 61.6 Å². The molecular weight excluding hydrogens is 731 g/mol. The fourth-order valence-corrected chi connectivity index (χ4v) is 8.78. The first-order valence-corrected chi connectivity index (χ1v) is 19.4. The van der Waals surface area contributed by atoms with Crippen LogP contribution >= 0.6 is 0 Å². The van der Waals surface area contributed by atoms with Crippen LogP contribution in [0.2, 0.25) is 0 Å². The minimum atomic E-state index is -3.56. The summed E-state index contributed by atoms with van der Waals surface area (Å²) in [6, 6.07) is 9.34. The van der Waals surface area contributed by atoms with Crippen LogP contribution in [0.3, 0.4) is 0 Å². The third-order valence-electron chi connectivity index (χ3n) is 10.3. The molecule has 4 amide bonds. The zero-order chi connectivity index (χ0) is 39.0. The Morgan fingerprint density at radius 3 is 2.31 bits per heavy atom. The van der Waals surface area contributed by atoms with Crippen LogP contribution in [-0.4, -0.2) is 103 Å². The number of fused-ring (bicyclic) bond motifs is 2. The van der Waals surface area contributed by atoms with Crippen LogP contribution in [0.4, 0.5) is 5.69 Å². The number of sulfonamides is 1. The van der Waals surface area contributed by atoms with E-state index in [-0.39, 0.29) is 36.1 Å². The normalized spacial score (nSPS) is 17.7. The van der Waals surface area contributed by atoms with Crippen molar-refractivity contribution in [3.63, 3.8) is 0 Å². The quantitative estimate of drug-likeness (QED) is 0.125. The molecule has 0 radical (unpaired) electrons. The maximum Gasteiger partial charge on any atom is 0.262 e. The molecular formula is C38H41N7O9S. The van der Waals surface area contributed by atoms with Crippen molar-refractivity contribution >= 4 is 50.1 Å². The van der Waals surface area contributed by atoms with Crippen LogP contribution in [-0.2, 0) is 33.2 Å². The molecule has 3 aliphatic rings. The number of hydrogen-bond acceptors (Lipinski definition) is 12. The summed E-state index contributed by atoms with van der Waals surface area (Å²) in [5.41, 5.74) is 3.25. The molecule has 0 aliphatic carbocycles. The minimum Gasteiger partial charge on any atom is -0.496 e. The van der Waals surface area contributed by atoms with E-state index in [2.05, 4.69) is 20.3 Å². The molecule has 5 heterocycles. The lowest BCUT2D eigenvalue weighted by molar-refractivity contribution is -0.136. The van der Waals surface area contributed by atoms with E-state index >= 15 is 0 Å². The molecule has 1 unspecified atom stereocenters. The molecule has 2 aromatic carbocycles. The number of carbonyl (C=O) groups excluding carboxylic acids is 4. The summed E-state index contributed by atoms with van der Waals surface area (Å²) < 4.78 is 42.0. The highest BCUT2D eigenvalue weighted by Gasteiger charge is 2.44. The van der Waals surface area contributed by atoms with Gasteiger partial charge in [-0.25, -0.2) is 13.1 Å². The summed E-state index contributed by atoms with van der Waals surface area (Å²) >= 11 is 0. The summed E-state index contributed by atoms with van der Waals surface area (Å²) in [4.78, 5) is 69.6. The van der Waals surface area contributed by atoms with Crippen LogP contribution < -0.4 is 30.4 Å². The Hall–Kier alpha value is -5.65. The van der Waals surface area contributed by atoms with Gasteiger partial charge in [-0.15, -0.1) is 0 Å². The third-order valence-corrected chi connectivity index (χ3v) is 12.1. The number of hydrogen-bond donors (Lipinski definition) is 3. The average Bonchev–Trinajstić information content (AvgIpc) is 3.40. The van der Waals surface area contributed by atoms with Gasteiger partial charge in [-0.05, 0) is 66.6 Å². The Labute approximate surface area is 316 Å². The number of nitrogens with one attached hydrogen (secondary N) is 3. The molecule has 2 saturated heterocycles. The number of carbonyl (C=O) groups is 4. The highest BCUT2D eigenvalue weighted by molar-refractivity contribution is 7.90. The Kier molecular flexibility index (Phi) is 10.4. The number of aromatic nitrogens is 2. The molecule has 3 aliphatic heterocycles. The van der Waals surface area contributed by atoms with Crippen LogP contribution in [0.1, 0.15) is 52.0 Å². The van der Waals surface area contributed by atoms with Gasteiger partial charge < -0.3 is 19.4 Å². The first kappa shape index (κ1) is 37.7. The predicted octanol–water partition coefficient (Wildman–Crippen LogP) is 2.01. The number of unbranched alkanes of at least 4 members (excludes halogenated alkanes) is 1. The van der Waals surface area contributed by atoms with Gasteiger partial charge in [-0.2, -0.15) is 0 Å². The van der Waals surface area contributed by atoms with Gasteiger partial charge in [-0.3, -0.25) is 44.1 Å². The van der Waals surface area contributed by atoms with Crippen molar-refractivity contribution in [1.29, 1.82) is 0 Å². The molecule has 0 saturated carbocycles. The lowest BCUT2D eigenvalue weighted by atomic mass is 9.98. The highest BCUT2D eigenvalue weighted by atomic mass is 32.2.